The van der Waals surface area contributed by atoms with Crippen LogP contribution < -0.4 is 5.32 Å². The van der Waals surface area contributed by atoms with Crippen molar-refractivity contribution in [2.75, 3.05) is 12.3 Å². The van der Waals surface area contributed by atoms with Gasteiger partial charge in [-0.25, -0.2) is 0 Å². The molecule has 0 aliphatic heterocycles. The second-order valence-electron chi connectivity index (χ2n) is 7.98. The number of amides is 2. The third-order valence-electron chi connectivity index (χ3n) is 5.35. The molecule has 33 heavy (non-hydrogen) atoms. The topological polar surface area (TPSA) is 49.4 Å². The van der Waals surface area contributed by atoms with Crippen molar-refractivity contribution in [2.45, 2.75) is 38.1 Å². The number of carbonyl (C=O) groups excluding carboxylic acids is 2. The summed E-state index contributed by atoms with van der Waals surface area (Å²) in [7, 11) is 0. The normalized spacial score (nSPS) is 11.5. The van der Waals surface area contributed by atoms with Gasteiger partial charge in [0.15, 0.2) is 0 Å². The van der Waals surface area contributed by atoms with Gasteiger partial charge in [-0.1, -0.05) is 97.9 Å². The summed E-state index contributed by atoms with van der Waals surface area (Å²) in [5.74, 6) is 0.969. The molecular formula is C28H32N2O2S. The highest BCUT2D eigenvalue weighted by atomic mass is 32.2. The van der Waals surface area contributed by atoms with E-state index >= 15 is 0 Å². The molecule has 0 aliphatic carbocycles. The quantitative estimate of drug-likeness (QED) is 0.410. The van der Waals surface area contributed by atoms with Crippen molar-refractivity contribution in [3.63, 3.8) is 0 Å². The van der Waals surface area contributed by atoms with Crippen LogP contribution >= 0.6 is 11.8 Å². The molecule has 1 N–H and O–H groups in total. The first-order chi connectivity index (χ1) is 16.2. The van der Waals surface area contributed by atoms with Crippen molar-refractivity contribution >= 4 is 23.6 Å². The van der Waals surface area contributed by atoms with Crippen LogP contribution in [0.3, 0.4) is 0 Å². The van der Waals surface area contributed by atoms with E-state index in [1.807, 2.05) is 85.8 Å². The van der Waals surface area contributed by atoms with E-state index in [0.29, 0.717) is 25.3 Å². The van der Waals surface area contributed by atoms with E-state index in [1.165, 1.54) is 5.56 Å². The van der Waals surface area contributed by atoms with E-state index in [-0.39, 0.29) is 11.8 Å². The van der Waals surface area contributed by atoms with Crippen molar-refractivity contribution in [2.24, 2.45) is 0 Å². The van der Waals surface area contributed by atoms with Crippen molar-refractivity contribution in [1.82, 2.24) is 10.2 Å². The minimum Gasteiger partial charge on any atom is -0.354 e. The number of hydrogen-bond donors (Lipinski definition) is 1. The van der Waals surface area contributed by atoms with E-state index in [1.54, 1.807) is 16.7 Å². The molecule has 0 heterocycles. The van der Waals surface area contributed by atoms with Crippen LogP contribution in [0.4, 0.5) is 0 Å². The molecule has 4 nitrogen and oxygen atoms in total. The molecule has 0 bridgehead atoms. The van der Waals surface area contributed by atoms with E-state index < -0.39 is 6.04 Å². The molecule has 0 aromatic heterocycles. The minimum absolute atomic E-state index is 0.0210. The van der Waals surface area contributed by atoms with E-state index in [2.05, 4.69) is 17.4 Å². The Morgan fingerprint density at radius 2 is 1.36 bits per heavy atom. The van der Waals surface area contributed by atoms with Gasteiger partial charge in [0.2, 0.25) is 11.8 Å². The minimum atomic E-state index is -0.566. The summed E-state index contributed by atoms with van der Waals surface area (Å²) in [6.45, 7) is 3.03. The highest BCUT2D eigenvalue weighted by Crippen LogP contribution is 2.18. The molecule has 0 saturated carbocycles. The first-order valence-corrected chi connectivity index (χ1v) is 12.6. The maximum absolute atomic E-state index is 13.5. The zero-order valence-corrected chi connectivity index (χ0v) is 20.0. The van der Waals surface area contributed by atoms with Crippen LogP contribution in [0.15, 0.2) is 91.0 Å². The van der Waals surface area contributed by atoms with Crippen molar-refractivity contribution in [1.29, 1.82) is 0 Å². The summed E-state index contributed by atoms with van der Waals surface area (Å²) in [5, 5.41) is 3.02. The van der Waals surface area contributed by atoms with Crippen molar-refractivity contribution < 1.29 is 9.59 Å². The predicted molar refractivity (Wildman–Crippen MR) is 137 cm³/mol. The van der Waals surface area contributed by atoms with Gasteiger partial charge in [0.25, 0.3) is 0 Å². The van der Waals surface area contributed by atoms with Crippen LogP contribution in [0.25, 0.3) is 0 Å². The Hall–Kier alpha value is -3.05. The molecule has 0 saturated heterocycles. The zero-order valence-electron chi connectivity index (χ0n) is 19.2. The Morgan fingerprint density at radius 3 is 1.94 bits per heavy atom. The average Bonchev–Trinajstić information content (AvgIpc) is 2.86. The lowest BCUT2D eigenvalue weighted by Crippen LogP contribution is -2.51. The lowest BCUT2D eigenvalue weighted by atomic mass is 10.0. The molecule has 172 valence electrons. The molecule has 0 radical (unpaired) electrons. The van der Waals surface area contributed by atoms with Crippen LogP contribution in [0.5, 0.6) is 0 Å². The number of thioether (sulfide) groups is 1. The van der Waals surface area contributed by atoms with Crippen LogP contribution in [0.2, 0.25) is 0 Å². The summed E-state index contributed by atoms with van der Waals surface area (Å²) < 4.78 is 0. The smallest absolute Gasteiger partial charge is 0.243 e. The maximum Gasteiger partial charge on any atom is 0.243 e. The molecule has 0 unspecified atom stereocenters. The second-order valence-corrected chi connectivity index (χ2v) is 8.97. The Balaban J connectivity index is 1.80. The molecule has 1 atom stereocenters. The van der Waals surface area contributed by atoms with Gasteiger partial charge >= 0.3 is 0 Å². The van der Waals surface area contributed by atoms with Crippen molar-refractivity contribution in [3.8, 4) is 0 Å². The van der Waals surface area contributed by atoms with Gasteiger partial charge in [0.1, 0.15) is 6.04 Å². The summed E-state index contributed by atoms with van der Waals surface area (Å²) >= 11 is 1.58. The lowest BCUT2D eigenvalue weighted by molar-refractivity contribution is -0.139. The van der Waals surface area contributed by atoms with Gasteiger partial charge in [-0.3, -0.25) is 9.59 Å². The molecule has 0 aliphatic rings. The largest absolute Gasteiger partial charge is 0.354 e. The zero-order chi connectivity index (χ0) is 23.3. The standard InChI is InChI=1S/C28H32N2O2S/c1-2-18-29-28(32)26(19-23-12-6-3-7-13-23)30(20-24-14-8-4-9-15-24)27(31)22-33-21-25-16-10-5-11-17-25/h3-17,26H,2,18-22H2,1H3,(H,29,32)/t26-/m0/s1. The first-order valence-electron chi connectivity index (χ1n) is 11.4. The monoisotopic (exact) mass is 460 g/mol. The van der Waals surface area contributed by atoms with Crippen LogP contribution in [-0.4, -0.2) is 35.1 Å². The number of nitrogens with zero attached hydrogens (tertiary/aromatic N) is 1. The highest BCUT2D eigenvalue weighted by molar-refractivity contribution is 7.99. The van der Waals surface area contributed by atoms with Gasteiger partial charge < -0.3 is 10.2 Å². The Labute approximate surface area is 201 Å². The molecule has 3 aromatic rings. The van der Waals surface area contributed by atoms with Crippen LogP contribution in [0.1, 0.15) is 30.0 Å². The van der Waals surface area contributed by atoms with Gasteiger partial charge in [-0.2, -0.15) is 0 Å². The summed E-state index contributed by atoms with van der Waals surface area (Å²) in [6.07, 6.45) is 1.33. The fourth-order valence-electron chi connectivity index (χ4n) is 3.61. The highest BCUT2D eigenvalue weighted by Gasteiger charge is 2.30. The summed E-state index contributed by atoms with van der Waals surface area (Å²) in [6, 6.07) is 29.4. The number of benzene rings is 3. The maximum atomic E-state index is 13.5. The number of carbonyl (C=O) groups is 2. The average molecular weight is 461 g/mol. The first kappa shape index (κ1) is 24.6. The van der Waals surface area contributed by atoms with E-state index in [4.69, 9.17) is 0 Å². The summed E-state index contributed by atoms with van der Waals surface area (Å²) in [5.41, 5.74) is 3.24. The number of nitrogens with one attached hydrogen (secondary N) is 1. The van der Waals surface area contributed by atoms with Gasteiger partial charge in [-0.15, -0.1) is 11.8 Å². The third kappa shape index (κ3) is 8.10. The SMILES string of the molecule is CCCNC(=O)[C@H](Cc1ccccc1)N(Cc1ccccc1)C(=O)CSCc1ccccc1. The Kier molecular flexibility index (Phi) is 10.0. The molecule has 0 fully saturated rings. The Morgan fingerprint density at radius 1 is 0.818 bits per heavy atom. The molecule has 2 amide bonds. The fourth-order valence-corrected chi connectivity index (χ4v) is 4.48. The van der Waals surface area contributed by atoms with E-state index in [9.17, 15) is 9.59 Å². The second kappa shape index (κ2) is 13.5. The molecule has 5 heteroatoms. The van der Waals surface area contributed by atoms with Gasteiger partial charge in [0, 0.05) is 25.3 Å². The molecule has 3 rings (SSSR count). The third-order valence-corrected chi connectivity index (χ3v) is 6.34. The predicted octanol–water partition coefficient (Wildman–Crippen LogP) is 5.09. The van der Waals surface area contributed by atoms with Crippen LogP contribution in [-0.2, 0) is 28.3 Å². The Bertz CT molecular complexity index is 981. The summed E-state index contributed by atoms with van der Waals surface area (Å²) in [4.78, 5) is 28.5. The van der Waals surface area contributed by atoms with Crippen LogP contribution in [0, 0.1) is 0 Å². The molecule has 0 spiro atoms. The van der Waals surface area contributed by atoms with E-state index in [0.717, 1.165) is 23.3 Å². The lowest BCUT2D eigenvalue weighted by Gasteiger charge is -2.31. The number of hydrogen-bond acceptors (Lipinski definition) is 3. The van der Waals surface area contributed by atoms with Crippen molar-refractivity contribution in [3.05, 3.63) is 108 Å². The van der Waals surface area contributed by atoms with Gasteiger partial charge in [-0.05, 0) is 23.1 Å². The number of rotatable bonds is 12. The molecular weight excluding hydrogens is 428 g/mol. The fraction of sp³-hybridized carbons (Fsp3) is 0.286. The molecule has 3 aromatic carbocycles. The van der Waals surface area contributed by atoms with Gasteiger partial charge in [0.05, 0.1) is 5.75 Å².